The molecule has 1 fully saturated rings. The number of carboxylic acid groups (broad SMARTS) is 1. The standard InChI is InChI=1S/C27H24F2IN7O4/c28-16-10-22-24(31-12-16)36(21-3-1-2-17(30)11-21)26(39)37(25(22)38)20-6-4-19(5-7-20)35(27(40)41)14-18-13-33-15-34(29)9-8-23(33)32-18/h1-3,8-13,19-20H,4-7,14-15H2,(H,40,41)/q+1/p-1. The molecule has 0 atom stereocenters. The van der Waals surface area contributed by atoms with Crippen LogP contribution in [0.5, 0.6) is 0 Å². The third-order valence-corrected chi connectivity index (χ3v) is 8.20. The number of carbonyl (C=O) groups is 1. The van der Waals surface area contributed by atoms with Gasteiger partial charge < -0.3 is 14.8 Å². The molecule has 41 heavy (non-hydrogen) atoms. The van der Waals surface area contributed by atoms with Crippen LogP contribution in [0.15, 0.2) is 75.3 Å². The summed E-state index contributed by atoms with van der Waals surface area (Å²) in [6, 6.07) is 7.23. The van der Waals surface area contributed by atoms with Crippen molar-refractivity contribution in [3.63, 3.8) is 0 Å². The van der Waals surface area contributed by atoms with E-state index < -0.39 is 35.2 Å². The molecule has 3 aromatic rings. The first-order valence-electron chi connectivity index (χ1n) is 12.9. The van der Waals surface area contributed by atoms with Crippen LogP contribution in [0.1, 0.15) is 31.7 Å². The zero-order chi connectivity index (χ0) is 28.8. The van der Waals surface area contributed by atoms with Gasteiger partial charge >= 0.3 is 5.69 Å². The molecule has 2 aliphatic heterocycles. The van der Waals surface area contributed by atoms with E-state index in [1.807, 2.05) is 6.07 Å². The predicted octanol–water partition coefficient (Wildman–Crippen LogP) is 2.49. The lowest BCUT2D eigenvalue weighted by atomic mass is 9.90. The molecule has 6 rings (SSSR count). The third kappa shape index (κ3) is 5.16. The third-order valence-electron chi connectivity index (χ3n) is 7.53. The van der Waals surface area contributed by atoms with Crippen LogP contribution in [0.25, 0.3) is 16.7 Å². The highest BCUT2D eigenvalue weighted by Crippen LogP contribution is 2.31. The summed E-state index contributed by atoms with van der Waals surface area (Å²) in [5.41, 5.74) is -0.234. The molecule has 211 valence electrons. The minimum atomic E-state index is -1.37. The van der Waals surface area contributed by atoms with E-state index in [1.165, 1.54) is 21.7 Å². The monoisotopic (exact) mass is 674 g/mol. The molecule has 0 unspecified atom stereocenters. The number of fused-ring (bicyclic) bond motifs is 2. The van der Waals surface area contributed by atoms with Crippen molar-refractivity contribution in [3.05, 3.63) is 90.9 Å². The predicted molar refractivity (Wildman–Crippen MR) is 152 cm³/mol. The maximum atomic E-state index is 14.2. The zero-order valence-electron chi connectivity index (χ0n) is 21.5. The summed E-state index contributed by atoms with van der Waals surface area (Å²) in [7, 11) is 0. The smallest absolute Gasteiger partial charge is 0.337 e. The molecule has 1 radical (unpaired) electrons. The molecular weight excluding hydrogens is 651 g/mol. The molecule has 0 bridgehead atoms. The lowest BCUT2D eigenvalue weighted by molar-refractivity contribution is -0.268. The Bertz CT molecular complexity index is 1760. The molecule has 0 spiro atoms. The summed E-state index contributed by atoms with van der Waals surface area (Å²) in [5.74, 6) is -0.181. The molecule has 4 heterocycles. The second-order valence-corrected chi connectivity index (χ2v) is 11.3. The molecular formula is C27H23F2IN7O4. The van der Waals surface area contributed by atoms with E-state index in [-0.39, 0.29) is 24.2 Å². The van der Waals surface area contributed by atoms with E-state index >= 15 is 0 Å². The summed E-state index contributed by atoms with van der Waals surface area (Å²) >= 11 is 2.11. The van der Waals surface area contributed by atoms with Crippen molar-refractivity contribution in [2.75, 3.05) is 13.2 Å². The van der Waals surface area contributed by atoms with Gasteiger partial charge in [-0.05, 0) is 72.5 Å². The number of pyridine rings is 1. The molecule has 14 heteroatoms. The Kier molecular flexibility index (Phi) is 7.19. The SMILES string of the molecule is O=C([O-])N(CC1=C[N+]2CN(F)C=CC2=N1)C1CCC(n2c(=O)c3cc(F)cnc3n(-c3cccc(I)c3)c2=O)CC1. The van der Waals surface area contributed by atoms with Crippen molar-refractivity contribution in [1.82, 2.24) is 29.0 Å². The number of nitrogens with zero attached hydrogens (tertiary/aromatic N) is 7. The summed E-state index contributed by atoms with van der Waals surface area (Å²) in [6.07, 6.45) is 5.33. The van der Waals surface area contributed by atoms with E-state index in [1.54, 1.807) is 29.3 Å². The first-order chi connectivity index (χ1) is 19.7. The average Bonchev–Trinajstić information content (AvgIpc) is 3.34. The largest absolute Gasteiger partial charge is 0.530 e. The Morgan fingerprint density at radius 3 is 2.71 bits per heavy atom. The number of benzene rings is 1. The Morgan fingerprint density at radius 2 is 1.98 bits per heavy atom. The van der Waals surface area contributed by atoms with Gasteiger partial charge in [-0.2, -0.15) is 10.1 Å². The number of hydrogen-bond donors (Lipinski definition) is 0. The van der Waals surface area contributed by atoms with Crippen molar-refractivity contribution in [2.24, 2.45) is 4.99 Å². The first-order valence-corrected chi connectivity index (χ1v) is 14.0. The fourth-order valence-electron chi connectivity index (χ4n) is 5.65. The number of rotatable bonds is 5. The highest BCUT2D eigenvalue weighted by molar-refractivity contribution is 14.1. The van der Waals surface area contributed by atoms with Gasteiger partial charge in [0.15, 0.2) is 11.8 Å². The van der Waals surface area contributed by atoms with Crippen molar-refractivity contribution < 1.29 is 18.8 Å². The van der Waals surface area contributed by atoms with E-state index in [4.69, 9.17) is 0 Å². The van der Waals surface area contributed by atoms with Crippen LogP contribution in [0.2, 0.25) is 0 Å². The number of aromatic nitrogens is 3. The van der Waals surface area contributed by atoms with Crippen molar-refractivity contribution >= 4 is 45.6 Å². The molecule has 1 amide bonds. The van der Waals surface area contributed by atoms with Crippen LogP contribution >= 0.6 is 22.6 Å². The summed E-state index contributed by atoms with van der Waals surface area (Å²) in [5, 5.41) is 12.6. The number of aliphatic imine (C=N–C) groups is 1. The molecule has 1 saturated carbocycles. The van der Waals surface area contributed by atoms with Gasteiger partial charge in [0.05, 0.1) is 23.8 Å². The number of halogens is 3. The summed E-state index contributed by atoms with van der Waals surface area (Å²) in [4.78, 5) is 50.7. The summed E-state index contributed by atoms with van der Waals surface area (Å²) < 4.78 is 31.0. The Morgan fingerprint density at radius 1 is 1.20 bits per heavy atom. The zero-order valence-corrected chi connectivity index (χ0v) is 23.6. The molecule has 0 saturated heterocycles. The minimum Gasteiger partial charge on any atom is -0.530 e. The fraction of sp³-hybridized carbons (Fsp3) is 0.296. The van der Waals surface area contributed by atoms with Crippen LogP contribution in [-0.4, -0.2) is 55.3 Å². The van der Waals surface area contributed by atoms with E-state index in [0.717, 1.165) is 20.4 Å². The quantitative estimate of drug-likeness (QED) is 0.233. The van der Waals surface area contributed by atoms with E-state index in [2.05, 4.69) is 32.6 Å². The topological polar surface area (TPSA) is 122 Å². The highest BCUT2D eigenvalue weighted by atomic mass is 127. The second kappa shape index (κ2) is 10.8. The lowest BCUT2D eigenvalue weighted by Gasteiger charge is -2.38. The Balaban J connectivity index is 1.28. The first kappa shape index (κ1) is 27.3. The molecule has 11 nitrogen and oxygen atoms in total. The van der Waals surface area contributed by atoms with Crippen LogP contribution in [0.3, 0.4) is 0 Å². The van der Waals surface area contributed by atoms with Crippen LogP contribution in [0, 0.1) is 9.39 Å². The van der Waals surface area contributed by atoms with Crippen molar-refractivity contribution in [1.29, 1.82) is 0 Å². The van der Waals surface area contributed by atoms with E-state index in [9.17, 15) is 28.4 Å². The molecule has 0 N–H and O–H groups in total. The Labute approximate surface area is 245 Å². The van der Waals surface area contributed by atoms with Gasteiger partial charge in [-0.15, -0.1) is 0 Å². The maximum absolute atomic E-state index is 14.2. The molecule has 2 aromatic heterocycles. The molecule has 1 aliphatic carbocycles. The second-order valence-electron chi connectivity index (χ2n) is 10.1. The van der Waals surface area contributed by atoms with Crippen LogP contribution in [0.4, 0.5) is 13.7 Å². The minimum absolute atomic E-state index is 0.0217. The van der Waals surface area contributed by atoms with Crippen molar-refractivity contribution in [3.8, 4) is 5.69 Å². The van der Waals surface area contributed by atoms with Crippen LogP contribution in [-0.2, 0) is 0 Å². The number of amides is 1. The van der Waals surface area contributed by atoms with Gasteiger partial charge in [-0.1, -0.05) is 15.4 Å². The maximum Gasteiger partial charge on any atom is 0.337 e. The van der Waals surface area contributed by atoms with E-state index in [0.29, 0.717) is 48.0 Å². The number of carbonyl (C=O) groups excluding carboxylic acids is 1. The molecule has 3 aliphatic rings. The average molecular weight is 674 g/mol. The Hall–Kier alpha value is -3.92. The normalized spacial score (nSPS) is 20.6. The van der Waals surface area contributed by atoms with Gasteiger partial charge in [0.1, 0.15) is 17.6 Å². The van der Waals surface area contributed by atoms with Gasteiger partial charge in [0.25, 0.3) is 11.4 Å². The lowest BCUT2D eigenvalue weighted by Crippen LogP contribution is -2.50. The van der Waals surface area contributed by atoms with Crippen LogP contribution < -0.4 is 21.3 Å². The fourth-order valence-corrected chi connectivity index (χ4v) is 6.17. The van der Waals surface area contributed by atoms with Gasteiger partial charge in [-0.25, -0.2) is 18.7 Å². The van der Waals surface area contributed by atoms with Gasteiger partial charge in [-0.3, -0.25) is 9.36 Å². The van der Waals surface area contributed by atoms with Gasteiger partial charge in [0, 0.05) is 27.9 Å². The summed E-state index contributed by atoms with van der Waals surface area (Å²) in [6.45, 7) is -0.0903. The van der Waals surface area contributed by atoms with Crippen molar-refractivity contribution in [2.45, 2.75) is 37.8 Å². The highest BCUT2D eigenvalue weighted by Gasteiger charge is 2.35. The number of hydrogen-bond acceptors (Lipinski definition) is 8. The van der Waals surface area contributed by atoms with Gasteiger partial charge in [0.2, 0.25) is 6.67 Å². The number of amidine groups is 1. The molecule has 1 aromatic carbocycles.